The average molecular weight is 481 g/mol. The molecule has 0 spiro atoms. The number of halogens is 1. The normalized spacial score (nSPS) is 17.7. The number of fused-ring (bicyclic) bond motifs is 2. The quantitative estimate of drug-likeness (QED) is 0.587. The Bertz CT molecular complexity index is 1430. The third-order valence-corrected chi connectivity index (χ3v) is 6.54. The number of anilines is 1. The van der Waals surface area contributed by atoms with Gasteiger partial charge in [-0.15, -0.1) is 0 Å². The highest BCUT2D eigenvalue weighted by Gasteiger charge is 2.37. The Morgan fingerprint density at radius 3 is 2.66 bits per heavy atom. The molecule has 12 heteroatoms. The van der Waals surface area contributed by atoms with E-state index < -0.39 is 17.3 Å². The summed E-state index contributed by atoms with van der Waals surface area (Å²) in [7, 11) is 1.68. The number of nitrogens with one attached hydrogen (secondary N) is 1. The van der Waals surface area contributed by atoms with E-state index in [-0.39, 0.29) is 59.7 Å². The predicted octanol–water partition coefficient (Wildman–Crippen LogP) is 1.33. The fourth-order valence-electron chi connectivity index (χ4n) is 4.67. The number of carbonyl (C=O) groups excluding carboxylic acids is 3. The average Bonchev–Trinajstić information content (AvgIpc) is 3.49. The van der Waals surface area contributed by atoms with Gasteiger partial charge in [-0.1, -0.05) is 0 Å². The third-order valence-electron chi connectivity index (χ3n) is 6.54. The number of hydrogen-bond acceptors (Lipinski definition) is 6. The summed E-state index contributed by atoms with van der Waals surface area (Å²) in [6, 6.07) is 3.70. The van der Waals surface area contributed by atoms with Crippen molar-refractivity contribution in [3.63, 3.8) is 0 Å². The molecule has 0 bridgehead atoms. The molecule has 11 nitrogen and oxygen atoms in total. The Morgan fingerprint density at radius 1 is 1.26 bits per heavy atom. The maximum atomic E-state index is 13.4. The van der Waals surface area contributed by atoms with Crippen molar-refractivity contribution >= 4 is 29.2 Å². The Morgan fingerprint density at radius 2 is 2.03 bits per heavy atom. The predicted molar refractivity (Wildman–Crippen MR) is 122 cm³/mol. The van der Waals surface area contributed by atoms with Crippen LogP contribution in [-0.2, 0) is 22.7 Å². The maximum absolute atomic E-state index is 13.4. The fourth-order valence-corrected chi connectivity index (χ4v) is 4.67. The number of carbonyl (C=O) groups is 3. The summed E-state index contributed by atoms with van der Waals surface area (Å²) in [5, 5.41) is 7.08. The second kappa shape index (κ2) is 8.29. The van der Waals surface area contributed by atoms with Crippen molar-refractivity contribution in [1.82, 2.24) is 29.0 Å². The van der Waals surface area contributed by atoms with Crippen LogP contribution in [0, 0.1) is 5.82 Å². The van der Waals surface area contributed by atoms with Gasteiger partial charge < -0.3 is 19.7 Å². The molecule has 0 radical (unpaired) electrons. The van der Waals surface area contributed by atoms with Gasteiger partial charge in [-0.25, -0.2) is 9.37 Å². The van der Waals surface area contributed by atoms with Crippen LogP contribution in [0.3, 0.4) is 0 Å². The SMILES string of the molecule is CC(C)N1Cc2c(n(CC(=O)Nc3ccc(F)cn3)c3cc([C@H]4CCC(=O)N4C)nn3c2=O)C1=O. The van der Waals surface area contributed by atoms with Crippen LogP contribution in [0.4, 0.5) is 10.2 Å². The van der Waals surface area contributed by atoms with Crippen molar-refractivity contribution in [2.24, 2.45) is 0 Å². The van der Waals surface area contributed by atoms with Crippen LogP contribution in [0.5, 0.6) is 0 Å². The minimum Gasteiger partial charge on any atom is -0.337 e. The van der Waals surface area contributed by atoms with Crippen LogP contribution in [0.1, 0.15) is 54.5 Å². The monoisotopic (exact) mass is 481 g/mol. The van der Waals surface area contributed by atoms with Gasteiger partial charge in [-0.05, 0) is 32.4 Å². The molecule has 0 saturated carbocycles. The van der Waals surface area contributed by atoms with Crippen LogP contribution in [-0.4, -0.2) is 59.8 Å². The molecule has 3 aromatic rings. The maximum Gasteiger partial charge on any atom is 0.280 e. The van der Waals surface area contributed by atoms with Gasteiger partial charge in [0.25, 0.3) is 11.5 Å². The van der Waals surface area contributed by atoms with Gasteiger partial charge in [0, 0.05) is 25.6 Å². The van der Waals surface area contributed by atoms with Gasteiger partial charge in [0.05, 0.1) is 30.0 Å². The highest BCUT2D eigenvalue weighted by molar-refractivity contribution is 5.98. The molecule has 182 valence electrons. The number of nitrogens with zero attached hydrogens (tertiary/aromatic N) is 6. The number of pyridine rings is 1. The summed E-state index contributed by atoms with van der Waals surface area (Å²) in [4.78, 5) is 58.6. The van der Waals surface area contributed by atoms with Gasteiger partial charge >= 0.3 is 0 Å². The van der Waals surface area contributed by atoms with Gasteiger partial charge in [0.2, 0.25) is 11.8 Å². The molecule has 1 fully saturated rings. The zero-order valence-electron chi connectivity index (χ0n) is 19.5. The molecule has 0 aromatic carbocycles. The minimum atomic E-state index is -0.538. The molecule has 3 amide bonds. The molecule has 0 unspecified atom stereocenters. The van der Waals surface area contributed by atoms with Crippen molar-refractivity contribution in [3.8, 4) is 0 Å². The lowest BCUT2D eigenvalue weighted by Gasteiger charge is -2.20. The van der Waals surface area contributed by atoms with Crippen LogP contribution in [0.25, 0.3) is 5.65 Å². The summed E-state index contributed by atoms with van der Waals surface area (Å²) in [5.74, 6) is -1.26. The second-order valence-electron chi connectivity index (χ2n) is 9.05. The molecular weight excluding hydrogens is 457 g/mol. The van der Waals surface area contributed by atoms with Crippen molar-refractivity contribution in [1.29, 1.82) is 0 Å². The molecule has 35 heavy (non-hydrogen) atoms. The molecular formula is C23H24FN7O4. The zero-order valence-corrected chi connectivity index (χ0v) is 19.5. The molecule has 2 aliphatic heterocycles. The Balaban J connectivity index is 1.61. The lowest BCUT2D eigenvalue weighted by atomic mass is 10.1. The van der Waals surface area contributed by atoms with E-state index in [2.05, 4.69) is 15.4 Å². The molecule has 1 N–H and O–H groups in total. The Kier molecular flexibility index (Phi) is 5.37. The summed E-state index contributed by atoms with van der Waals surface area (Å²) >= 11 is 0. The van der Waals surface area contributed by atoms with Gasteiger partial charge in [0.1, 0.15) is 29.5 Å². The van der Waals surface area contributed by atoms with E-state index in [1.165, 1.54) is 21.2 Å². The van der Waals surface area contributed by atoms with Crippen molar-refractivity contribution in [2.45, 2.75) is 51.9 Å². The van der Waals surface area contributed by atoms with Crippen LogP contribution in [0.2, 0.25) is 0 Å². The lowest BCUT2D eigenvalue weighted by Crippen LogP contribution is -2.32. The van der Waals surface area contributed by atoms with Gasteiger partial charge in [-0.3, -0.25) is 19.2 Å². The van der Waals surface area contributed by atoms with Crippen molar-refractivity contribution in [2.75, 3.05) is 12.4 Å². The number of amides is 3. The molecule has 3 aromatic heterocycles. The van der Waals surface area contributed by atoms with Crippen LogP contribution < -0.4 is 10.9 Å². The number of hydrogen-bond donors (Lipinski definition) is 1. The molecule has 1 saturated heterocycles. The highest BCUT2D eigenvalue weighted by atomic mass is 19.1. The first-order valence-electron chi connectivity index (χ1n) is 11.3. The highest BCUT2D eigenvalue weighted by Crippen LogP contribution is 2.32. The van der Waals surface area contributed by atoms with E-state index >= 15 is 0 Å². The fraction of sp³-hybridized carbons (Fsp3) is 0.391. The second-order valence-corrected chi connectivity index (χ2v) is 9.05. The first-order chi connectivity index (χ1) is 16.7. The smallest absolute Gasteiger partial charge is 0.280 e. The Hall–Kier alpha value is -4.09. The van der Waals surface area contributed by atoms with Gasteiger partial charge in [0.15, 0.2) is 0 Å². The summed E-state index contributed by atoms with van der Waals surface area (Å²) in [6.07, 6.45) is 1.92. The zero-order chi connectivity index (χ0) is 25.0. The molecule has 5 rings (SSSR count). The van der Waals surface area contributed by atoms with E-state index in [9.17, 15) is 23.6 Å². The van der Waals surface area contributed by atoms with Crippen LogP contribution in [0.15, 0.2) is 29.2 Å². The van der Waals surface area contributed by atoms with Crippen LogP contribution >= 0.6 is 0 Å². The number of aromatic nitrogens is 4. The van der Waals surface area contributed by atoms with E-state index in [1.54, 1.807) is 22.9 Å². The first kappa shape index (κ1) is 22.7. The van der Waals surface area contributed by atoms with Crippen molar-refractivity contribution < 1.29 is 18.8 Å². The third kappa shape index (κ3) is 3.74. The molecule has 2 aliphatic rings. The van der Waals surface area contributed by atoms with E-state index in [0.29, 0.717) is 18.5 Å². The van der Waals surface area contributed by atoms with E-state index in [4.69, 9.17) is 0 Å². The van der Waals surface area contributed by atoms with Crippen molar-refractivity contribution in [3.05, 3.63) is 57.5 Å². The molecule has 5 heterocycles. The topological polar surface area (TPSA) is 122 Å². The minimum absolute atomic E-state index is 0.0151. The summed E-state index contributed by atoms with van der Waals surface area (Å²) < 4.78 is 15.9. The Labute approximate surface area is 199 Å². The first-order valence-corrected chi connectivity index (χ1v) is 11.3. The van der Waals surface area contributed by atoms with E-state index in [1.807, 2.05) is 13.8 Å². The number of rotatable bonds is 5. The van der Waals surface area contributed by atoms with Gasteiger partial charge in [-0.2, -0.15) is 9.61 Å². The largest absolute Gasteiger partial charge is 0.337 e. The molecule has 0 aliphatic carbocycles. The standard InChI is InChI=1S/C23H24FN7O4/c1-12(2)29-10-14-21(23(29)35)30(11-18(32)26-17-6-4-13(24)9-25-17)19-8-15(27-31(19)22(14)34)16-5-7-20(33)28(16)3/h4,6,8-9,12,16H,5,7,10-11H2,1-3H3,(H,25,26,32)/t16-/m1/s1. The number of likely N-dealkylation sites (tertiary alicyclic amines) is 1. The lowest BCUT2D eigenvalue weighted by molar-refractivity contribution is -0.127. The summed E-state index contributed by atoms with van der Waals surface area (Å²) in [5.41, 5.74) is 0.760. The van der Waals surface area contributed by atoms with E-state index in [0.717, 1.165) is 6.20 Å². The molecule has 1 atom stereocenters. The summed E-state index contributed by atoms with van der Waals surface area (Å²) in [6.45, 7) is 3.51.